The Balaban J connectivity index is 1.75. The van der Waals surface area contributed by atoms with E-state index in [-0.39, 0.29) is 16.6 Å². The zero-order valence-corrected chi connectivity index (χ0v) is 19.7. The molecule has 0 unspecified atom stereocenters. The van der Waals surface area contributed by atoms with Gasteiger partial charge in [0.05, 0.1) is 16.3 Å². The molecule has 0 aliphatic rings. The van der Waals surface area contributed by atoms with E-state index in [1.807, 2.05) is 12.3 Å². The number of aryl methyl sites for hydroxylation is 1. The Hall–Kier alpha value is -2.48. The maximum Gasteiger partial charge on any atom is 0.243 e. The summed E-state index contributed by atoms with van der Waals surface area (Å²) in [5.41, 5.74) is 1.35. The van der Waals surface area contributed by atoms with Gasteiger partial charge in [0.15, 0.2) is 11.0 Å². The third kappa shape index (κ3) is 5.23. The van der Waals surface area contributed by atoms with Crippen molar-refractivity contribution in [2.24, 2.45) is 0 Å². The molecule has 0 atom stereocenters. The summed E-state index contributed by atoms with van der Waals surface area (Å²) in [6.07, 6.45) is 0. The number of nitrogens with two attached hydrogens (primary N) is 1. The Morgan fingerprint density at radius 1 is 1.29 bits per heavy atom. The second-order valence-corrected chi connectivity index (χ2v) is 10.2. The third-order valence-corrected chi connectivity index (χ3v) is 8.16. The van der Waals surface area contributed by atoms with Crippen molar-refractivity contribution in [3.8, 4) is 11.4 Å². The van der Waals surface area contributed by atoms with Crippen molar-refractivity contribution in [3.63, 3.8) is 0 Å². The van der Waals surface area contributed by atoms with E-state index in [4.69, 9.17) is 5.84 Å². The van der Waals surface area contributed by atoms with Crippen LogP contribution in [0.15, 0.2) is 39.7 Å². The number of nitrogen functional groups attached to an aromatic ring is 1. The summed E-state index contributed by atoms with van der Waals surface area (Å²) in [7, 11) is -3.62. The summed E-state index contributed by atoms with van der Waals surface area (Å²) >= 11 is 2.47. The first-order valence-corrected chi connectivity index (χ1v) is 12.7. The van der Waals surface area contributed by atoms with E-state index in [1.54, 1.807) is 26.0 Å². The quantitative estimate of drug-likeness (QED) is 0.351. The number of hydrogen-bond donors (Lipinski definition) is 2. The fourth-order valence-electron chi connectivity index (χ4n) is 2.78. The fourth-order valence-corrected chi connectivity index (χ4v) is 5.64. The van der Waals surface area contributed by atoms with Crippen LogP contribution in [0, 0.1) is 6.92 Å². The highest BCUT2D eigenvalue weighted by Gasteiger charge is 2.23. The second-order valence-electron chi connectivity index (χ2n) is 6.42. The molecule has 2 aromatic heterocycles. The molecular weight excluding hydrogens is 458 g/mol. The second kappa shape index (κ2) is 9.77. The van der Waals surface area contributed by atoms with Gasteiger partial charge in [-0.25, -0.2) is 18.1 Å². The Morgan fingerprint density at radius 2 is 2.03 bits per heavy atom. The van der Waals surface area contributed by atoms with Gasteiger partial charge in [-0.05, 0) is 19.1 Å². The molecule has 0 fully saturated rings. The lowest BCUT2D eigenvalue weighted by Crippen LogP contribution is -2.30. The van der Waals surface area contributed by atoms with Crippen LogP contribution in [0.3, 0.4) is 0 Å². The minimum absolute atomic E-state index is 0.0737. The summed E-state index contributed by atoms with van der Waals surface area (Å²) in [4.78, 5) is 16.5. The first-order valence-electron chi connectivity index (χ1n) is 9.42. The number of sulfonamides is 1. The molecular formula is C18H23N7O3S3. The zero-order valence-electron chi connectivity index (χ0n) is 17.3. The van der Waals surface area contributed by atoms with Crippen LogP contribution in [0.1, 0.15) is 19.5 Å². The van der Waals surface area contributed by atoms with Crippen molar-refractivity contribution in [2.45, 2.75) is 30.8 Å². The van der Waals surface area contributed by atoms with Crippen LogP contribution in [0.25, 0.3) is 11.4 Å². The Labute approximate surface area is 188 Å². The van der Waals surface area contributed by atoms with Crippen molar-refractivity contribution >= 4 is 44.2 Å². The lowest BCUT2D eigenvalue weighted by Gasteiger charge is -2.18. The van der Waals surface area contributed by atoms with E-state index in [0.29, 0.717) is 34.8 Å². The molecule has 0 radical (unpaired) electrons. The lowest BCUT2D eigenvalue weighted by atomic mass is 10.2. The van der Waals surface area contributed by atoms with Gasteiger partial charge >= 0.3 is 0 Å². The minimum Gasteiger partial charge on any atom is -0.335 e. The molecule has 166 valence electrons. The van der Waals surface area contributed by atoms with Crippen LogP contribution in [-0.4, -0.2) is 57.3 Å². The van der Waals surface area contributed by atoms with E-state index in [2.05, 4.69) is 20.5 Å². The van der Waals surface area contributed by atoms with Gasteiger partial charge in [-0.1, -0.05) is 37.7 Å². The molecule has 13 heteroatoms. The van der Waals surface area contributed by atoms with E-state index in [1.165, 1.54) is 32.5 Å². The molecule has 0 aliphatic carbocycles. The number of anilines is 1. The van der Waals surface area contributed by atoms with Crippen molar-refractivity contribution < 1.29 is 13.2 Å². The summed E-state index contributed by atoms with van der Waals surface area (Å²) in [6, 6.07) is 6.40. The van der Waals surface area contributed by atoms with Crippen LogP contribution in [-0.2, 0) is 14.8 Å². The average Bonchev–Trinajstić information content (AvgIpc) is 3.32. The number of carbonyl (C=O) groups is 1. The van der Waals surface area contributed by atoms with Gasteiger partial charge in [-0.2, -0.15) is 4.31 Å². The molecule has 3 aromatic rings. The number of nitrogens with one attached hydrogen (secondary N) is 1. The van der Waals surface area contributed by atoms with Crippen molar-refractivity contribution in [2.75, 3.05) is 30.0 Å². The van der Waals surface area contributed by atoms with E-state index < -0.39 is 10.0 Å². The molecule has 0 saturated heterocycles. The normalized spacial score (nSPS) is 11.7. The third-order valence-electron chi connectivity index (χ3n) is 4.30. The van der Waals surface area contributed by atoms with Crippen LogP contribution < -0.4 is 11.2 Å². The summed E-state index contributed by atoms with van der Waals surface area (Å²) in [5, 5.41) is 13.5. The highest BCUT2D eigenvalue weighted by molar-refractivity contribution is 7.99. The average molecular weight is 482 g/mol. The highest BCUT2D eigenvalue weighted by atomic mass is 32.2. The first-order chi connectivity index (χ1) is 14.8. The fraction of sp³-hybridized carbons (Fsp3) is 0.333. The van der Waals surface area contributed by atoms with Crippen LogP contribution in [0.5, 0.6) is 0 Å². The van der Waals surface area contributed by atoms with Crippen LogP contribution >= 0.6 is 23.1 Å². The molecule has 31 heavy (non-hydrogen) atoms. The van der Waals surface area contributed by atoms with Crippen molar-refractivity contribution in [1.82, 2.24) is 24.2 Å². The number of aromatic nitrogens is 4. The Kier molecular flexibility index (Phi) is 7.30. The van der Waals surface area contributed by atoms with Gasteiger partial charge in [-0.3, -0.25) is 4.79 Å². The number of carbonyl (C=O) groups excluding carboxylic acids is 1. The standard InChI is InChI=1S/C18H23N7O3S3/c1-4-24(5-2)31(27,28)14-8-6-7-13(9-14)16-22-23-18(25(16)19)30-11-15(26)21-17-20-12(3)10-29-17/h6-10H,4-5,11,19H2,1-3H3,(H,20,21,26). The minimum atomic E-state index is -3.62. The molecule has 2 heterocycles. The van der Waals surface area contributed by atoms with Crippen LogP contribution in [0.2, 0.25) is 0 Å². The summed E-state index contributed by atoms with van der Waals surface area (Å²) in [5.74, 6) is 6.25. The zero-order chi connectivity index (χ0) is 22.6. The molecule has 3 N–H and O–H groups in total. The number of amides is 1. The number of hydrogen-bond acceptors (Lipinski definition) is 9. The van der Waals surface area contributed by atoms with Gasteiger partial charge < -0.3 is 11.2 Å². The van der Waals surface area contributed by atoms with Crippen molar-refractivity contribution in [3.05, 3.63) is 35.3 Å². The largest absolute Gasteiger partial charge is 0.335 e. The number of benzene rings is 1. The Bertz CT molecular complexity index is 1170. The predicted octanol–water partition coefficient (Wildman–Crippen LogP) is 2.19. The van der Waals surface area contributed by atoms with Crippen molar-refractivity contribution in [1.29, 1.82) is 0 Å². The van der Waals surface area contributed by atoms with Crippen LogP contribution in [0.4, 0.5) is 5.13 Å². The van der Waals surface area contributed by atoms with Gasteiger partial charge in [0, 0.05) is 24.0 Å². The summed E-state index contributed by atoms with van der Waals surface area (Å²) < 4.78 is 28.2. The molecule has 3 rings (SSSR count). The Morgan fingerprint density at radius 3 is 2.68 bits per heavy atom. The molecule has 0 bridgehead atoms. The maximum atomic E-state index is 12.8. The maximum absolute atomic E-state index is 12.8. The van der Waals surface area contributed by atoms with Gasteiger partial charge in [-0.15, -0.1) is 21.5 Å². The van der Waals surface area contributed by atoms with E-state index in [0.717, 1.165) is 17.5 Å². The number of nitrogens with zero attached hydrogens (tertiary/aromatic N) is 5. The first kappa shape index (κ1) is 23.2. The summed E-state index contributed by atoms with van der Waals surface area (Å²) in [6.45, 7) is 6.17. The monoisotopic (exact) mass is 481 g/mol. The van der Waals surface area contributed by atoms with Gasteiger partial charge in [0.25, 0.3) is 0 Å². The number of rotatable bonds is 9. The molecule has 1 aromatic carbocycles. The highest BCUT2D eigenvalue weighted by Crippen LogP contribution is 2.25. The number of thioether (sulfide) groups is 1. The molecule has 0 saturated carbocycles. The van der Waals surface area contributed by atoms with E-state index in [9.17, 15) is 13.2 Å². The molecule has 0 spiro atoms. The molecule has 0 aliphatic heterocycles. The predicted molar refractivity (Wildman–Crippen MR) is 122 cm³/mol. The van der Waals surface area contributed by atoms with Gasteiger partial charge in [0.2, 0.25) is 21.1 Å². The topological polar surface area (TPSA) is 136 Å². The van der Waals surface area contributed by atoms with E-state index >= 15 is 0 Å². The smallest absolute Gasteiger partial charge is 0.243 e. The molecule has 1 amide bonds. The number of thiazole rings is 1. The lowest BCUT2D eigenvalue weighted by molar-refractivity contribution is -0.113. The SMILES string of the molecule is CCN(CC)S(=O)(=O)c1cccc(-c2nnc(SCC(=O)Nc3nc(C)cs3)n2N)c1. The van der Waals surface area contributed by atoms with Gasteiger partial charge in [0.1, 0.15) is 0 Å². The molecule has 10 nitrogen and oxygen atoms in total.